The first-order valence-electron chi connectivity index (χ1n) is 28.7. The smallest absolute Gasteiger partial charge is 0.414 e. The molecule has 0 spiro atoms. The van der Waals surface area contributed by atoms with Crippen LogP contribution in [0, 0.1) is 0 Å². The Morgan fingerprint density at radius 3 is 1.98 bits per heavy atom. The molecule has 1 aliphatic heterocycles. The second kappa shape index (κ2) is 25.7. The van der Waals surface area contributed by atoms with Crippen LogP contribution >= 0.6 is 11.8 Å². The highest BCUT2D eigenvalue weighted by molar-refractivity contribution is 8.15. The van der Waals surface area contributed by atoms with Crippen LogP contribution in [0.15, 0.2) is 192 Å². The summed E-state index contributed by atoms with van der Waals surface area (Å²) in [7, 11) is 1.50. The first-order valence-corrected chi connectivity index (χ1v) is 29.6. The predicted molar refractivity (Wildman–Crippen MR) is 337 cm³/mol. The molecule has 1 atom stereocenters. The van der Waals surface area contributed by atoms with Crippen LogP contribution in [0.5, 0.6) is 11.5 Å². The number of imidazole rings is 1. The molecule has 3 N–H and O–H groups in total. The molecule has 3 aromatic heterocycles. The van der Waals surface area contributed by atoms with Crippen molar-refractivity contribution in [1.29, 1.82) is 0 Å². The average molecular weight is 1200 g/mol. The highest BCUT2D eigenvalue weighted by Gasteiger charge is 2.42. The number of nitrogens with zero attached hydrogens (tertiary/aromatic N) is 8. The molecular formula is C67H63N11O9S. The topological polar surface area (TPSA) is 240 Å². The number of hydrogen-bond donors (Lipinski definition) is 3. The standard InChI is InChI=1S/C67H63N11O9S/c1-6-18-56-69-58-59(76(56)41-44-27-31-45(32-28-44)51-25-16-17-26-52(51)60-71-73-74-78(60)67(46-19-10-7-11-20-46,47-21-12-8-13-22-47)48-23-14-9-15-24-48)63(82)77(72-62(58)81)37-38-85-54-36-33-49(40-53(54)75(5)65(84)87-66(2,3)4)68-57(79)42-86-50-34-29-43(30-35-50)39-55-61(80)70-64(83)88-55/h7-17,19-36,40,55H,6,18,37-39,41-42H2,1-5H3,(H,68,79)(H,72,81)(H,70,80,83). The number of carbonyl (C=O) groups is 4. The van der Waals surface area contributed by atoms with E-state index < -0.39 is 39.5 Å². The Morgan fingerprint density at radius 1 is 0.739 bits per heavy atom. The summed E-state index contributed by atoms with van der Waals surface area (Å²) in [5, 5.41) is 20.8. The van der Waals surface area contributed by atoms with E-state index in [0.717, 1.165) is 56.3 Å². The van der Waals surface area contributed by atoms with Gasteiger partial charge in [-0.3, -0.25) is 39.3 Å². The Hall–Kier alpha value is -10.4. The Balaban J connectivity index is 0.826. The highest BCUT2D eigenvalue weighted by Crippen LogP contribution is 2.44. The molecule has 0 aliphatic carbocycles. The van der Waals surface area contributed by atoms with Gasteiger partial charge in [-0.05, 0) is 113 Å². The van der Waals surface area contributed by atoms with Crippen LogP contribution in [0.25, 0.3) is 33.5 Å². The summed E-state index contributed by atoms with van der Waals surface area (Å²) in [6, 6.07) is 58.4. The van der Waals surface area contributed by atoms with Crippen molar-refractivity contribution in [1.82, 2.24) is 44.9 Å². The first kappa shape index (κ1) is 59.3. The van der Waals surface area contributed by atoms with Gasteiger partial charge in [0.2, 0.25) is 5.91 Å². The molecule has 446 valence electrons. The summed E-state index contributed by atoms with van der Waals surface area (Å²) in [4.78, 5) is 84.8. The van der Waals surface area contributed by atoms with E-state index in [0.29, 0.717) is 42.3 Å². The van der Waals surface area contributed by atoms with Gasteiger partial charge < -0.3 is 24.1 Å². The van der Waals surface area contributed by atoms with Gasteiger partial charge >= 0.3 is 6.09 Å². The zero-order valence-corrected chi connectivity index (χ0v) is 49.8. The fourth-order valence-electron chi connectivity index (χ4n) is 10.8. The normalized spacial score (nSPS) is 13.3. The lowest BCUT2D eigenvalue weighted by atomic mass is 9.77. The zero-order chi connectivity index (χ0) is 61.5. The van der Waals surface area contributed by atoms with E-state index in [1.165, 1.54) is 16.6 Å². The van der Waals surface area contributed by atoms with Crippen molar-refractivity contribution < 1.29 is 33.4 Å². The van der Waals surface area contributed by atoms with Gasteiger partial charge in [0, 0.05) is 31.3 Å². The van der Waals surface area contributed by atoms with Crippen LogP contribution in [-0.4, -0.2) is 93.8 Å². The van der Waals surface area contributed by atoms with Gasteiger partial charge in [-0.2, -0.15) is 0 Å². The number of amides is 4. The van der Waals surface area contributed by atoms with E-state index in [1.807, 2.05) is 119 Å². The summed E-state index contributed by atoms with van der Waals surface area (Å²) < 4.78 is 22.6. The molecule has 0 bridgehead atoms. The number of thioether (sulfide) groups is 1. The van der Waals surface area contributed by atoms with Gasteiger partial charge in [0.25, 0.3) is 22.3 Å². The summed E-state index contributed by atoms with van der Waals surface area (Å²) in [5.41, 5.74) is 5.12. The van der Waals surface area contributed by atoms with E-state index in [9.17, 15) is 28.8 Å². The lowest BCUT2D eigenvalue weighted by molar-refractivity contribution is -0.119. The number of nitrogens with one attached hydrogen (secondary N) is 3. The van der Waals surface area contributed by atoms with Crippen molar-refractivity contribution in [2.24, 2.45) is 0 Å². The molecule has 1 fully saturated rings. The number of anilines is 2. The van der Waals surface area contributed by atoms with E-state index in [4.69, 9.17) is 29.5 Å². The maximum Gasteiger partial charge on any atom is 0.414 e. The second-order valence-electron chi connectivity index (χ2n) is 22.1. The number of rotatable bonds is 21. The maximum absolute atomic E-state index is 14.6. The van der Waals surface area contributed by atoms with Gasteiger partial charge in [0.15, 0.2) is 17.9 Å². The number of aryl methyl sites for hydroxylation is 1. The molecule has 1 aliphatic rings. The van der Waals surface area contributed by atoms with E-state index in [-0.39, 0.29) is 59.9 Å². The fraction of sp³-hybridized carbons (Fsp3) is 0.224. The predicted octanol–water partition coefficient (Wildman–Crippen LogP) is 10.4. The molecule has 20 nitrogen and oxygen atoms in total. The quantitative estimate of drug-likeness (QED) is 0.0568. The number of carbonyl (C=O) groups excluding carboxylic acids is 4. The Labute approximate surface area is 510 Å². The number of aromatic nitrogens is 8. The molecule has 0 radical (unpaired) electrons. The van der Waals surface area contributed by atoms with Crippen LogP contribution in [0.4, 0.5) is 21.0 Å². The molecule has 10 aromatic rings. The maximum atomic E-state index is 14.6. The molecule has 0 saturated carbocycles. The molecule has 88 heavy (non-hydrogen) atoms. The third-order valence-corrected chi connectivity index (χ3v) is 15.9. The molecule has 7 aromatic carbocycles. The molecular weight excluding hydrogens is 1130 g/mol. The Kier molecular flexibility index (Phi) is 17.3. The molecule has 4 amide bonds. The Bertz CT molecular complexity index is 4200. The zero-order valence-electron chi connectivity index (χ0n) is 49.0. The number of fused-ring (bicyclic) bond motifs is 1. The van der Waals surface area contributed by atoms with Crippen molar-refractivity contribution in [3.63, 3.8) is 0 Å². The summed E-state index contributed by atoms with van der Waals surface area (Å²) in [6.45, 7) is 6.89. The molecule has 21 heteroatoms. The minimum atomic E-state index is -0.963. The average Bonchev–Trinajstić information content (AvgIpc) is 1.32. The van der Waals surface area contributed by atoms with E-state index in [1.54, 1.807) is 63.2 Å². The van der Waals surface area contributed by atoms with Crippen molar-refractivity contribution in [2.75, 3.05) is 30.5 Å². The number of aromatic amines is 1. The van der Waals surface area contributed by atoms with Crippen molar-refractivity contribution in [3.8, 4) is 34.0 Å². The molecule has 11 rings (SSSR count). The SMILES string of the molecule is CCCc1nc2c(=O)[nH]n(CCOc3ccc(NC(=O)COc4ccc(CC5SC(=O)NC5=O)cc4)cc3N(C)C(=O)OC(C)(C)C)c(=O)c2n1Cc1ccc(-c2ccccc2-c2nnnn2C(c2ccccc2)(c2ccccc2)c2ccccc2)cc1. The number of hydrogen-bond acceptors (Lipinski definition) is 14. The van der Waals surface area contributed by atoms with Crippen LogP contribution < -0.4 is 36.1 Å². The Morgan fingerprint density at radius 2 is 1.36 bits per heavy atom. The number of ether oxygens (including phenoxy) is 3. The van der Waals surface area contributed by atoms with Crippen molar-refractivity contribution in [3.05, 3.63) is 236 Å². The summed E-state index contributed by atoms with van der Waals surface area (Å²) in [6.07, 6.45) is 0.877. The second-order valence-corrected chi connectivity index (χ2v) is 23.2. The van der Waals surface area contributed by atoms with Crippen LogP contribution in [0.2, 0.25) is 0 Å². The summed E-state index contributed by atoms with van der Waals surface area (Å²) >= 11 is 0.950. The van der Waals surface area contributed by atoms with Gasteiger partial charge in [0.1, 0.15) is 40.6 Å². The van der Waals surface area contributed by atoms with Gasteiger partial charge in [-0.25, -0.2) is 19.1 Å². The third-order valence-electron chi connectivity index (χ3n) is 14.9. The first-order chi connectivity index (χ1) is 42.6. The van der Waals surface area contributed by atoms with Crippen LogP contribution in [0.3, 0.4) is 0 Å². The number of tetrazole rings is 1. The molecule has 1 unspecified atom stereocenters. The lowest BCUT2D eigenvalue weighted by Crippen LogP contribution is -2.39. The van der Waals surface area contributed by atoms with Gasteiger partial charge in [-0.1, -0.05) is 170 Å². The van der Waals surface area contributed by atoms with Crippen LogP contribution in [-0.2, 0) is 45.8 Å². The lowest BCUT2D eigenvalue weighted by Gasteiger charge is -2.36. The van der Waals surface area contributed by atoms with Crippen molar-refractivity contribution in [2.45, 2.75) is 76.4 Å². The number of benzene rings is 7. The van der Waals surface area contributed by atoms with E-state index >= 15 is 0 Å². The minimum absolute atomic E-state index is 0.0267. The van der Waals surface area contributed by atoms with Crippen molar-refractivity contribution >= 4 is 57.3 Å². The van der Waals surface area contributed by atoms with E-state index in [2.05, 4.69) is 57.3 Å². The fourth-order valence-corrected chi connectivity index (χ4v) is 11.7. The minimum Gasteiger partial charge on any atom is -0.489 e. The monoisotopic (exact) mass is 1200 g/mol. The number of imide groups is 1. The molecule has 4 heterocycles. The highest BCUT2D eigenvalue weighted by atomic mass is 32.2. The van der Waals surface area contributed by atoms with Crippen LogP contribution in [0.1, 0.15) is 67.8 Å². The molecule has 1 saturated heterocycles. The van der Waals surface area contributed by atoms with Gasteiger partial charge in [0.05, 0.1) is 17.5 Å². The van der Waals surface area contributed by atoms with Gasteiger partial charge in [-0.15, -0.1) is 5.10 Å². The summed E-state index contributed by atoms with van der Waals surface area (Å²) in [5.74, 6) is 0.952. The largest absolute Gasteiger partial charge is 0.489 e. The third kappa shape index (κ3) is 12.6. The number of H-pyrrole nitrogens is 1.